The Bertz CT molecular complexity index is 1130. The number of hydrogen-bond acceptors (Lipinski definition) is 2. The minimum absolute atomic E-state index is 0.0406. The maximum absolute atomic E-state index is 9.99. The SMILES string of the molecule is Cc1cc(C)cc(C(C)(c2cc(C)cc(C)c2)C(c2ccc(O)cc2)c2ccc(O)cc2)c1. The third-order valence-electron chi connectivity index (χ3n) is 6.67. The molecule has 33 heavy (non-hydrogen) atoms. The van der Waals surface area contributed by atoms with Crippen molar-refractivity contribution in [3.05, 3.63) is 129 Å². The summed E-state index contributed by atoms with van der Waals surface area (Å²) in [5.74, 6) is 0.464. The van der Waals surface area contributed by atoms with Gasteiger partial charge in [-0.1, -0.05) is 89.8 Å². The summed E-state index contributed by atoms with van der Waals surface area (Å²) in [6, 6.07) is 28.6. The molecule has 0 amide bonds. The molecular formula is C31H32O2. The number of aryl methyl sites for hydroxylation is 4. The van der Waals surface area contributed by atoms with Gasteiger partial charge in [0.1, 0.15) is 11.5 Å². The standard InChI is InChI=1S/C31H32O2/c1-20-14-21(2)17-26(16-20)31(5,27-18-22(3)15-23(4)19-27)30(24-6-10-28(32)11-7-24)25-8-12-29(33)13-9-25/h6-19,30,32-33H,1-5H3. The molecule has 4 aromatic rings. The van der Waals surface area contributed by atoms with Crippen LogP contribution in [-0.2, 0) is 5.41 Å². The van der Waals surface area contributed by atoms with E-state index in [1.165, 1.54) is 33.4 Å². The Kier molecular flexibility index (Phi) is 6.03. The summed E-state index contributed by atoms with van der Waals surface area (Å²) >= 11 is 0. The van der Waals surface area contributed by atoms with Gasteiger partial charge in [0, 0.05) is 11.3 Å². The smallest absolute Gasteiger partial charge is 0.115 e. The molecule has 0 aliphatic carbocycles. The minimum atomic E-state index is -0.401. The maximum Gasteiger partial charge on any atom is 0.115 e. The highest BCUT2D eigenvalue weighted by molar-refractivity contribution is 5.53. The molecule has 0 radical (unpaired) electrons. The molecule has 168 valence electrons. The average Bonchev–Trinajstić information content (AvgIpc) is 2.75. The minimum Gasteiger partial charge on any atom is -0.508 e. The Morgan fingerprint density at radius 2 is 0.818 bits per heavy atom. The van der Waals surface area contributed by atoms with Crippen LogP contribution in [-0.4, -0.2) is 10.2 Å². The molecule has 0 saturated carbocycles. The van der Waals surface area contributed by atoms with Gasteiger partial charge in [0.15, 0.2) is 0 Å². The van der Waals surface area contributed by atoms with Crippen molar-refractivity contribution >= 4 is 0 Å². The molecule has 0 atom stereocenters. The largest absolute Gasteiger partial charge is 0.508 e. The van der Waals surface area contributed by atoms with Crippen LogP contribution in [0.5, 0.6) is 11.5 Å². The van der Waals surface area contributed by atoms with Gasteiger partial charge in [-0.05, 0) is 74.2 Å². The predicted octanol–water partition coefficient (Wildman–Crippen LogP) is 7.47. The topological polar surface area (TPSA) is 40.5 Å². The lowest BCUT2D eigenvalue weighted by Gasteiger charge is -2.41. The molecule has 2 N–H and O–H groups in total. The van der Waals surface area contributed by atoms with Crippen molar-refractivity contribution in [2.75, 3.05) is 0 Å². The van der Waals surface area contributed by atoms with Crippen molar-refractivity contribution in [2.45, 2.75) is 46.0 Å². The Hall–Kier alpha value is -3.52. The van der Waals surface area contributed by atoms with Gasteiger partial charge in [-0.2, -0.15) is 0 Å². The Balaban J connectivity index is 2.09. The van der Waals surface area contributed by atoms with Crippen molar-refractivity contribution in [2.24, 2.45) is 0 Å². The first-order valence-electron chi connectivity index (χ1n) is 11.4. The highest BCUT2D eigenvalue weighted by atomic mass is 16.3. The summed E-state index contributed by atoms with van der Waals surface area (Å²) in [4.78, 5) is 0. The number of phenolic OH excluding ortho intramolecular Hbond substituents is 2. The van der Waals surface area contributed by atoms with E-state index in [0.717, 1.165) is 11.1 Å². The zero-order valence-electron chi connectivity index (χ0n) is 20.1. The fourth-order valence-electron chi connectivity index (χ4n) is 5.24. The average molecular weight is 437 g/mol. The molecule has 0 bridgehead atoms. The lowest BCUT2D eigenvalue weighted by Crippen LogP contribution is -2.33. The van der Waals surface area contributed by atoms with Crippen molar-refractivity contribution in [3.63, 3.8) is 0 Å². The van der Waals surface area contributed by atoms with Crippen molar-refractivity contribution in [3.8, 4) is 11.5 Å². The first kappa shape index (κ1) is 22.7. The summed E-state index contributed by atoms with van der Waals surface area (Å²) in [7, 11) is 0. The Morgan fingerprint density at radius 3 is 1.12 bits per heavy atom. The lowest BCUT2D eigenvalue weighted by molar-refractivity contribution is 0.469. The third-order valence-corrected chi connectivity index (χ3v) is 6.67. The van der Waals surface area contributed by atoms with Gasteiger partial charge in [-0.3, -0.25) is 0 Å². The second-order valence-corrected chi connectivity index (χ2v) is 9.57. The van der Waals surface area contributed by atoms with Crippen LogP contribution in [0.25, 0.3) is 0 Å². The van der Waals surface area contributed by atoms with Crippen molar-refractivity contribution in [1.82, 2.24) is 0 Å². The third kappa shape index (κ3) is 4.52. The molecule has 0 heterocycles. The van der Waals surface area contributed by atoms with Gasteiger partial charge >= 0.3 is 0 Å². The Morgan fingerprint density at radius 1 is 0.515 bits per heavy atom. The molecule has 0 aliphatic heterocycles. The van der Waals surface area contributed by atoms with E-state index in [4.69, 9.17) is 0 Å². The first-order valence-corrected chi connectivity index (χ1v) is 11.4. The molecular weight excluding hydrogens is 404 g/mol. The fourth-order valence-corrected chi connectivity index (χ4v) is 5.24. The number of aromatic hydroxyl groups is 2. The highest BCUT2D eigenvalue weighted by Gasteiger charge is 2.40. The summed E-state index contributed by atoms with van der Waals surface area (Å²) in [6.07, 6.45) is 0. The van der Waals surface area contributed by atoms with Gasteiger partial charge in [0.05, 0.1) is 0 Å². The predicted molar refractivity (Wildman–Crippen MR) is 136 cm³/mol. The summed E-state index contributed by atoms with van der Waals surface area (Å²) in [5, 5.41) is 20.0. The monoisotopic (exact) mass is 436 g/mol. The Labute approximate surface area is 197 Å². The number of phenols is 2. The van der Waals surface area contributed by atoms with E-state index in [2.05, 4.69) is 71.0 Å². The van der Waals surface area contributed by atoms with Crippen molar-refractivity contribution in [1.29, 1.82) is 0 Å². The van der Waals surface area contributed by atoms with Crippen molar-refractivity contribution < 1.29 is 10.2 Å². The fraction of sp³-hybridized carbons (Fsp3) is 0.226. The zero-order valence-corrected chi connectivity index (χ0v) is 20.1. The van der Waals surface area contributed by atoms with E-state index in [1.807, 2.05) is 24.3 Å². The molecule has 0 saturated heterocycles. The number of hydrogen-bond donors (Lipinski definition) is 2. The van der Waals surface area contributed by atoms with E-state index in [-0.39, 0.29) is 17.4 Å². The second-order valence-electron chi connectivity index (χ2n) is 9.57. The van der Waals surface area contributed by atoms with Crippen LogP contribution >= 0.6 is 0 Å². The van der Waals surface area contributed by atoms with E-state index in [0.29, 0.717) is 0 Å². The van der Waals surface area contributed by atoms with Crippen LogP contribution in [0.2, 0.25) is 0 Å². The maximum atomic E-state index is 9.99. The number of rotatable bonds is 5. The molecule has 0 unspecified atom stereocenters. The number of benzene rings is 4. The summed E-state index contributed by atoms with van der Waals surface area (Å²) < 4.78 is 0. The molecule has 0 aliphatic rings. The molecule has 4 aromatic carbocycles. The van der Waals surface area contributed by atoms with E-state index in [1.54, 1.807) is 24.3 Å². The van der Waals surface area contributed by atoms with E-state index >= 15 is 0 Å². The van der Waals surface area contributed by atoms with Gasteiger partial charge < -0.3 is 10.2 Å². The van der Waals surface area contributed by atoms with Crippen LogP contribution in [0.1, 0.15) is 57.3 Å². The van der Waals surface area contributed by atoms with Crippen LogP contribution in [0.15, 0.2) is 84.9 Å². The van der Waals surface area contributed by atoms with E-state index < -0.39 is 5.41 Å². The molecule has 0 spiro atoms. The van der Waals surface area contributed by atoms with Crippen LogP contribution in [0.4, 0.5) is 0 Å². The van der Waals surface area contributed by atoms with Crippen LogP contribution in [0.3, 0.4) is 0 Å². The molecule has 4 rings (SSSR count). The first-order chi connectivity index (χ1) is 15.7. The molecule has 2 nitrogen and oxygen atoms in total. The molecule has 0 aromatic heterocycles. The van der Waals surface area contributed by atoms with Gasteiger partial charge in [0.2, 0.25) is 0 Å². The normalized spacial score (nSPS) is 11.7. The molecule has 2 heteroatoms. The highest BCUT2D eigenvalue weighted by Crippen LogP contribution is 2.49. The second kappa shape index (κ2) is 8.78. The molecule has 0 fully saturated rings. The summed E-state index contributed by atoms with van der Waals surface area (Å²) in [5.41, 5.74) is 9.24. The van der Waals surface area contributed by atoms with Gasteiger partial charge in [-0.25, -0.2) is 0 Å². The van der Waals surface area contributed by atoms with Crippen LogP contribution in [0, 0.1) is 27.7 Å². The lowest BCUT2D eigenvalue weighted by atomic mass is 9.62. The van der Waals surface area contributed by atoms with Gasteiger partial charge in [-0.15, -0.1) is 0 Å². The van der Waals surface area contributed by atoms with Crippen LogP contribution < -0.4 is 0 Å². The summed E-state index contributed by atoms with van der Waals surface area (Å²) in [6.45, 7) is 10.9. The quantitative estimate of drug-likeness (QED) is 0.341. The van der Waals surface area contributed by atoms with E-state index in [9.17, 15) is 10.2 Å². The van der Waals surface area contributed by atoms with Gasteiger partial charge in [0.25, 0.3) is 0 Å². The zero-order chi connectivity index (χ0) is 23.8.